The molecule has 0 radical (unpaired) electrons. The Morgan fingerprint density at radius 3 is 2.89 bits per heavy atom. The summed E-state index contributed by atoms with van der Waals surface area (Å²) in [6.07, 6.45) is 1.33. The molecule has 1 aromatic heterocycles. The Bertz CT molecular complexity index is 541. The van der Waals surface area contributed by atoms with Crippen LogP contribution in [0, 0.1) is 0 Å². The van der Waals surface area contributed by atoms with E-state index >= 15 is 0 Å². The molecule has 8 heteroatoms. The first-order chi connectivity index (χ1) is 8.92. The Morgan fingerprint density at radius 2 is 2.32 bits per heavy atom. The molecule has 0 spiro atoms. The van der Waals surface area contributed by atoms with Gasteiger partial charge in [0.1, 0.15) is 17.3 Å². The molecule has 2 rings (SSSR count). The molecular weight excluding hydrogens is 338 g/mol. The van der Waals surface area contributed by atoms with E-state index in [1.54, 1.807) is 0 Å². The van der Waals surface area contributed by atoms with Crippen molar-refractivity contribution < 1.29 is 22.7 Å². The van der Waals surface area contributed by atoms with Gasteiger partial charge in [-0.25, -0.2) is 13.1 Å². The lowest BCUT2D eigenvalue weighted by Gasteiger charge is -2.27. The first-order valence-corrected chi connectivity index (χ1v) is 8.23. The Kier molecular flexibility index (Phi) is 4.67. The van der Waals surface area contributed by atoms with Crippen LogP contribution in [0.1, 0.15) is 25.5 Å². The molecule has 1 saturated heterocycles. The third-order valence-electron chi connectivity index (χ3n) is 2.96. The summed E-state index contributed by atoms with van der Waals surface area (Å²) in [6.45, 7) is 2.11. The van der Waals surface area contributed by atoms with Crippen molar-refractivity contribution in [3.05, 3.63) is 16.5 Å². The third kappa shape index (κ3) is 3.57. The van der Waals surface area contributed by atoms with Crippen molar-refractivity contribution in [1.82, 2.24) is 4.72 Å². The average molecular weight is 354 g/mol. The second-order valence-corrected chi connectivity index (χ2v) is 6.94. The number of nitrogens with one attached hydrogen (secondary N) is 1. The number of furan rings is 1. The maximum absolute atomic E-state index is 12.2. The Labute approximate surface area is 120 Å². The van der Waals surface area contributed by atoms with E-state index in [-0.39, 0.29) is 34.1 Å². The van der Waals surface area contributed by atoms with Gasteiger partial charge in [-0.05, 0) is 35.7 Å². The van der Waals surface area contributed by atoms with Crippen LogP contribution in [-0.2, 0) is 21.4 Å². The van der Waals surface area contributed by atoms with E-state index < -0.39 is 10.0 Å². The van der Waals surface area contributed by atoms with Gasteiger partial charge < -0.3 is 14.3 Å². The molecule has 0 amide bonds. The molecule has 2 unspecified atom stereocenters. The number of aliphatic hydroxyl groups is 1. The van der Waals surface area contributed by atoms with Gasteiger partial charge in [0.05, 0.1) is 6.10 Å². The molecule has 1 aliphatic rings. The molecule has 1 aliphatic heterocycles. The molecule has 0 aliphatic carbocycles. The summed E-state index contributed by atoms with van der Waals surface area (Å²) < 4.78 is 37.7. The first kappa shape index (κ1) is 15.0. The molecule has 1 aromatic rings. The molecule has 2 heterocycles. The monoisotopic (exact) mass is 353 g/mol. The zero-order valence-electron chi connectivity index (χ0n) is 10.4. The zero-order valence-corrected chi connectivity index (χ0v) is 12.8. The summed E-state index contributed by atoms with van der Waals surface area (Å²) in [5.74, 6) is 0.201. The minimum Gasteiger partial charge on any atom is -0.450 e. The number of ether oxygens (including phenoxy) is 1. The summed E-state index contributed by atoms with van der Waals surface area (Å²) in [5, 5.41) is 8.95. The molecule has 0 saturated carbocycles. The van der Waals surface area contributed by atoms with Gasteiger partial charge in [0.2, 0.25) is 10.0 Å². The van der Waals surface area contributed by atoms with E-state index in [0.29, 0.717) is 19.4 Å². The van der Waals surface area contributed by atoms with Crippen LogP contribution in [0.15, 0.2) is 20.0 Å². The predicted octanol–water partition coefficient (Wildman–Crippen LogP) is 1.38. The van der Waals surface area contributed by atoms with Gasteiger partial charge in [0.15, 0.2) is 4.67 Å². The fourth-order valence-electron chi connectivity index (χ4n) is 2.05. The standard InChI is InChI=1S/C11H16BrNO5S/c1-7-4-8(2-3-17-7)13-19(15,16)10-5-9(6-14)18-11(10)12/h5,7-8,13-14H,2-4,6H2,1H3. The smallest absolute Gasteiger partial charge is 0.245 e. The Hall–Kier alpha value is -0.410. The van der Waals surface area contributed by atoms with Crippen LogP contribution in [0.3, 0.4) is 0 Å². The lowest BCUT2D eigenvalue weighted by molar-refractivity contribution is 0.0173. The zero-order chi connectivity index (χ0) is 14.0. The number of hydrogen-bond donors (Lipinski definition) is 2. The van der Waals surface area contributed by atoms with Gasteiger partial charge in [-0.3, -0.25) is 0 Å². The summed E-state index contributed by atoms with van der Waals surface area (Å²) in [5.41, 5.74) is 0. The quantitative estimate of drug-likeness (QED) is 0.853. The highest BCUT2D eigenvalue weighted by Crippen LogP contribution is 2.27. The fourth-order valence-corrected chi connectivity index (χ4v) is 4.33. The van der Waals surface area contributed by atoms with Crippen molar-refractivity contribution in [2.45, 2.75) is 43.4 Å². The summed E-state index contributed by atoms with van der Waals surface area (Å²) >= 11 is 3.05. The molecule has 2 N–H and O–H groups in total. The van der Waals surface area contributed by atoms with Crippen LogP contribution in [0.2, 0.25) is 0 Å². The van der Waals surface area contributed by atoms with Crippen molar-refractivity contribution in [3.8, 4) is 0 Å². The summed E-state index contributed by atoms with van der Waals surface area (Å²) in [7, 11) is -3.66. The maximum atomic E-state index is 12.2. The van der Waals surface area contributed by atoms with Gasteiger partial charge >= 0.3 is 0 Å². The molecule has 6 nitrogen and oxygen atoms in total. The van der Waals surface area contributed by atoms with E-state index in [9.17, 15) is 8.42 Å². The van der Waals surface area contributed by atoms with Crippen LogP contribution < -0.4 is 4.72 Å². The first-order valence-electron chi connectivity index (χ1n) is 5.95. The third-order valence-corrected chi connectivity index (χ3v) is 5.34. The van der Waals surface area contributed by atoms with Crippen molar-refractivity contribution in [2.75, 3.05) is 6.61 Å². The number of halogens is 1. The molecule has 2 atom stereocenters. The average Bonchev–Trinajstić information content (AvgIpc) is 2.71. The van der Waals surface area contributed by atoms with Gasteiger partial charge in [0, 0.05) is 18.7 Å². The number of sulfonamides is 1. The minimum atomic E-state index is -3.66. The highest BCUT2D eigenvalue weighted by atomic mass is 79.9. The van der Waals surface area contributed by atoms with E-state index in [2.05, 4.69) is 20.7 Å². The van der Waals surface area contributed by atoms with Crippen molar-refractivity contribution >= 4 is 26.0 Å². The van der Waals surface area contributed by atoms with Crippen molar-refractivity contribution in [2.24, 2.45) is 0 Å². The maximum Gasteiger partial charge on any atom is 0.245 e. The largest absolute Gasteiger partial charge is 0.450 e. The number of rotatable bonds is 4. The highest BCUT2D eigenvalue weighted by Gasteiger charge is 2.28. The summed E-state index contributed by atoms with van der Waals surface area (Å²) in [4.78, 5) is 0.00990. The Morgan fingerprint density at radius 1 is 1.58 bits per heavy atom. The van der Waals surface area contributed by atoms with E-state index in [0.717, 1.165) is 0 Å². The van der Waals surface area contributed by atoms with Gasteiger partial charge in [-0.2, -0.15) is 0 Å². The topological polar surface area (TPSA) is 88.8 Å². The van der Waals surface area contributed by atoms with Crippen LogP contribution in [-0.4, -0.2) is 32.3 Å². The van der Waals surface area contributed by atoms with Gasteiger partial charge in [0.25, 0.3) is 0 Å². The van der Waals surface area contributed by atoms with Gasteiger partial charge in [-0.15, -0.1) is 0 Å². The van der Waals surface area contributed by atoms with Crippen molar-refractivity contribution in [1.29, 1.82) is 0 Å². The normalized spacial score (nSPS) is 24.6. The highest BCUT2D eigenvalue weighted by molar-refractivity contribution is 9.10. The second kappa shape index (κ2) is 5.92. The van der Waals surface area contributed by atoms with Crippen LogP contribution >= 0.6 is 15.9 Å². The fraction of sp³-hybridized carbons (Fsp3) is 0.636. The Balaban J connectivity index is 2.15. The molecule has 1 fully saturated rings. The van der Waals surface area contributed by atoms with Crippen molar-refractivity contribution in [3.63, 3.8) is 0 Å². The number of hydrogen-bond acceptors (Lipinski definition) is 5. The lowest BCUT2D eigenvalue weighted by atomic mass is 10.1. The molecular formula is C11H16BrNO5S. The van der Waals surface area contributed by atoms with E-state index in [4.69, 9.17) is 14.3 Å². The molecule has 0 aromatic carbocycles. The molecule has 0 bridgehead atoms. The summed E-state index contributed by atoms with van der Waals surface area (Å²) in [6, 6.07) is 1.17. The van der Waals surface area contributed by atoms with Crippen LogP contribution in [0.5, 0.6) is 0 Å². The minimum absolute atomic E-state index is 0.00990. The van der Waals surface area contributed by atoms with Crippen LogP contribution in [0.25, 0.3) is 0 Å². The lowest BCUT2D eigenvalue weighted by Crippen LogP contribution is -2.41. The van der Waals surface area contributed by atoms with E-state index in [1.807, 2.05) is 6.92 Å². The molecule has 19 heavy (non-hydrogen) atoms. The second-order valence-electron chi connectivity index (χ2n) is 4.53. The number of aliphatic hydroxyl groups excluding tert-OH is 1. The molecule has 108 valence electrons. The predicted molar refractivity (Wildman–Crippen MR) is 71.1 cm³/mol. The van der Waals surface area contributed by atoms with Gasteiger partial charge in [-0.1, -0.05) is 0 Å². The SMILES string of the molecule is CC1CC(NS(=O)(=O)c2cc(CO)oc2Br)CCO1. The van der Waals surface area contributed by atoms with E-state index in [1.165, 1.54) is 6.07 Å². The van der Waals surface area contributed by atoms with Crippen LogP contribution in [0.4, 0.5) is 0 Å².